The summed E-state index contributed by atoms with van der Waals surface area (Å²) in [7, 11) is 1.50. The number of nitrogens with zero attached hydrogens (tertiary/aromatic N) is 2. The molecule has 10 heteroatoms. The van der Waals surface area contributed by atoms with Crippen LogP contribution in [-0.4, -0.2) is 41.6 Å². The number of anilines is 1. The lowest BCUT2D eigenvalue weighted by atomic mass is 10.2. The molecule has 1 amide bonds. The smallest absolute Gasteiger partial charge is 0.404 e. The molecule has 0 saturated carbocycles. The summed E-state index contributed by atoms with van der Waals surface area (Å²) in [6.45, 7) is 0.375. The van der Waals surface area contributed by atoms with Crippen LogP contribution in [0.2, 0.25) is 5.15 Å². The van der Waals surface area contributed by atoms with Crippen LogP contribution in [0.25, 0.3) is 11.3 Å². The van der Waals surface area contributed by atoms with Gasteiger partial charge in [0.2, 0.25) is 5.88 Å². The summed E-state index contributed by atoms with van der Waals surface area (Å²) in [5.74, 6) is 1.02. The molecule has 9 nitrogen and oxygen atoms in total. The maximum Gasteiger partial charge on any atom is 0.404 e. The monoisotopic (exact) mass is 341 g/mol. The van der Waals surface area contributed by atoms with Crippen molar-refractivity contribution in [3.63, 3.8) is 0 Å². The Hall–Kier alpha value is -2.68. The van der Waals surface area contributed by atoms with Crippen molar-refractivity contribution in [2.75, 3.05) is 26.1 Å². The van der Waals surface area contributed by atoms with Crippen molar-refractivity contribution >= 4 is 23.5 Å². The van der Waals surface area contributed by atoms with E-state index in [9.17, 15) is 4.79 Å². The second kappa shape index (κ2) is 7.54. The molecule has 0 fully saturated rings. The summed E-state index contributed by atoms with van der Waals surface area (Å²) in [4.78, 5) is 14.6. The fourth-order valence-electron chi connectivity index (χ4n) is 1.85. The lowest BCUT2D eigenvalue weighted by Crippen LogP contribution is -2.15. The van der Waals surface area contributed by atoms with Gasteiger partial charge in [-0.25, -0.2) is 9.78 Å². The second-order valence-corrected chi connectivity index (χ2v) is 4.79. The van der Waals surface area contributed by atoms with Gasteiger partial charge in [-0.15, -0.1) is 0 Å². The molecule has 0 saturated heterocycles. The van der Waals surface area contributed by atoms with Gasteiger partial charge < -0.3 is 25.7 Å². The van der Waals surface area contributed by atoms with Crippen LogP contribution in [0, 0.1) is 0 Å². The molecule has 2 aromatic rings. The Morgan fingerprint density at radius 1 is 1.39 bits per heavy atom. The third-order valence-electron chi connectivity index (χ3n) is 2.78. The molecule has 0 aliphatic heterocycles. The van der Waals surface area contributed by atoms with Crippen LogP contribution in [0.5, 0.6) is 11.6 Å². The Labute approximate surface area is 136 Å². The van der Waals surface area contributed by atoms with E-state index in [4.69, 9.17) is 32.5 Å². The van der Waals surface area contributed by atoms with Crippen LogP contribution in [-0.2, 0) is 4.74 Å². The second-order valence-electron chi connectivity index (χ2n) is 4.40. The molecule has 0 atom stereocenters. The molecule has 23 heavy (non-hydrogen) atoms. The van der Waals surface area contributed by atoms with Gasteiger partial charge in [-0.1, -0.05) is 11.6 Å². The van der Waals surface area contributed by atoms with Gasteiger partial charge >= 0.3 is 6.09 Å². The van der Waals surface area contributed by atoms with E-state index >= 15 is 0 Å². The minimum atomic E-state index is -0.832. The maximum absolute atomic E-state index is 10.5. The summed E-state index contributed by atoms with van der Waals surface area (Å²) in [5, 5.41) is 6.85. The number of pyridine rings is 1. The van der Waals surface area contributed by atoms with Crippen molar-refractivity contribution in [2.45, 2.75) is 6.42 Å². The molecule has 2 rings (SSSR count). The molecular formula is C13H16ClN5O4. The highest BCUT2D eigenvalue weighted by molar-refractivity contribution is 6.29. The molecule has 0 spiro atoms. The van der Waals surface area contributed by atoms with Crippen molar-refractivity contribution < 1.29 is 19.0 Å². The number of ether oxygens (including phenoxy) is 3. The van der Waals surface area contributed by atoms with E-state index in [2.05, 4.69) is 19.9 Å². The Morgan fingerprint density at radius 3 is 2.78 bits per heavy atom. The number of carbonyl (C=O) groups excluding carboxylic acids is 1. The van der Waals surface area contributed by atoms with Gasteiger partial charge in [0.15, 0.2) is 0 Å². The lowest BCUT2D eigenvalue weighted by molar-refractivity contribution is 0.147. The van der Waals surface area contributed by atoms with Crippen LogP contribution < -0.4 is 20.9 Å². The zero-order chi connectivity index (χ0) is 16.8. The number of aromatic nitrogens is 3. The number of methoxy groups -OCH3 is 1. The fourth-order valence-corrected chi connectivity index (χ4v) is 2.03. The summed E-state index contributed by atoms with van der Waals surface area (Å²) in [6.07, 6.45) is -0.398. The molecule has 5 N–H and O–H groups in total. The third kappa shape index (κ3) is 4.39. The van der Waals surface area contributed by atoms with E-state index < -0.39 is 6.09 Å². The van der Waals surface area contributed by atoms with E-state index in [0.717, 1.165) is 0 Å². The Bertz CT molecular complexity index is 691. The summed E-state index contributed by atoms with van der Waals surface area (Å²) in [5.41, 5.74) is 11.6. The highest BCUT2D eigenvalue weighted by Gasteiger charge is 2.18. The van der Waals surface area contributed by atoms with E-state index in [0.29, 0.717) is 29.2 Å². The molecule has 0 aliphatic rings. The SMILES string of the molecule is COc1cc(Cl)nc(OCCCOC(N)=O)c1-c1cc(N)n[nH]1. The quantitative estimate of drug-likeness (QED) is 0.513. The first kappa shape index (κ1) is 16.7. The van der Waals surface area contributed by atoms with Gasteiger partial charge in [0.1, 0.15) is 22.3 Å². The van der Waals surface area contributed by atoms with Crippen LogP contribution in [0.1, 0.15) is 6.42 Å². The van der Waals surface area contributed by atoms with Crippen molar-refractivity contribution in [2.24, 2.45) is 5.73 Å². The predicted molar refractivity (Wildman–Crippen MR) is 83.4 cm³/mol. The lowest BCUT2D eigenvalue weighted by Gasteiger charge is -2.13. The van der Waals surface area contributed by atoms with Gasteiger partial charge in [-0.3, -0.25) is 5.10 Å². The normalized spacial score (nSPS) is 10.3. The van der Waals surface area contributed by atoms with Gasteiger partial charge in [0.05, 0.1) is 26.0 Å². The number of nitrogens with two attached hydrogens (primary N) is 2. The van der Waals surface area contributed by atoms with Crippen molar-refractivity contribution in [1.29, 1.82) is 0 Å². The average Bonchev–Trinajstić information content (AvgIpc) is 2.92. The van der Waals surface area contributed by atoms with E-state index in [1.807, 2.05) is 0 Å². The molecule has 0 radical (unpaired) electrons. The number of hydrogen-bond donors (Lipinski definition) is 3. The van der Waals surface area contributed by atoms with Crippen molar-refractivity contribution in [1.82, 2.24) is 15.2 Å². The minimum absolute atomic E-state index is 0.138. The highest BCUT2D eigenvalue weighted by Crippen LogP contribution is 2.38. The van der Waals surface area contributed by atoms with Crippen LogP contribution in [0.15, 0.2) is 12.1 Å². The topological polar surface area (TPSA) is 138 Å². The van der Waals surface area contributed by atoms with E-state index in [-0.39, 0.29) is 24.2 Å². The van der Waals surface area contributed by atoms with Gasteiger partial charge in [0.25, 0.3) is 0 Å². The zero-order valence-corrected chi connectivity index (χ0v) is 13.1. The molecule has 0 bridgehead atoms. The molecule has 0 unspecified atom stereocenters. The largest absolute Gasteiger partial charge is 0.496 e. The average molecular weight is 342 g/mol. The number of amides is 1. The first-order valence-corrected chi connectivity index (χ1v) is 7.00. The number of hydrogen-bond acceptors (Lipinski definition) is 7. The highest BCUT2D eigenvalue weighted by atomic mass is 35.5. The summed E-state index contributed by atoms with van der Waals surface area (Å²) in [6, 6.07) is 3.17. The van der Waals surface area contributed by atoms with Crippen molar-refractivity contribution in [3.05, 3.63) is 17.3 Å². The van der Waals surface area contributed by atoms with Crippen LogP contribution in [0.4, 0.5) is 10.6 Å². The molecular weight excluding hydrogens is 326 g/mol. The number of H-pyrrole nitrogens is 1. The van der Waals surface area contributed by atoms with Crippen LogP contribution >= 0.6 is 11.6 Å². The first-order valence-electron chi connectivity index (χ1n) is 6.62. The Balaban J connectivity index is 2.20. The Morgan fingerprint density at radius 2 is 2.17 bits per heavy atom. The summed E-state index contributed by atoms with van der Waals surface area (Å²) < 4.78 is 15.5. The number of aromatic amines is 1. The number of nitrogen functional groups attached to an aromatic ring is 1. The van der Waals surface area contributed by atoms with Crippen molar-refractivity contribution in [3.8, 4) is 22.9 Å². The number of rotatable bonds is 7. The number of carbonyl (C=O) groups is 1. The molecule has 0 aromatic carbocycles. The van der Waals surface area contributed by atoms with Gasteiger partial charge in [-0.2, -0.15) is 5.10 Å². The molecule has 0 aliphatic carbocycles. The molecule has 2 heterocycles. The van der Waals surface area contributed by atoms with Crippen LogP contribution in [0.3, 0.4) is 0 Å². The van der Waals surface area contributed by atoms with Gasteiger partial charge in [-0.05, 0) is 0 Å². The third-order valence-corrected chi connectivity index (χ3v) is 2.97. The zero-order valence-electron chi connectivity index (χ0n) is 12.3. The Kier molecular flexibility index (Phi) is 5.47. The predicted octanol–water partition coefficient (Wildman–Crippen LogP) is 1.58. The van der Waals surface area contributed by atoms with E-state index in [1.54, 1.807) is 12.1 Å². The maximum atomic E-state index is 10.5. The molecule has 2 aromatic heterocycles. The minimum Gasteiger partial charge on any atom is -0.496 e. The first-order chi connectivity index (χ1) is 11.0. The fraction of sp³-hybridized carbons (Fsp3) is 0.308. The molecule has 124 valence electrons. The summed E-state index contributed by atoms with van der Waals surface area (Å²) >= 11 is 5.97. The van der Waals surface area contributed by atoms with E-state index in [1.165, 1.54) is 7.11 Å². The number of nitrogens with one attached hydrogen (secondary N) is 1. The van der Waals surface area contributed by atoms with Gasteiger partial charge in [0, 0.05) is 18.6 Å². The number of halogens is 1. The number of primary amides is 1. The standard InChI is InChI=1S/C13H16ClN5O4/c1-21-8-6-9(14)17-12(22-3-2-4-23-13(16)20)11(8)7-5-10(15)19-18-7/h5-6H,2-4H2,1H3,(H2,16,20)(H3,15,18,19).